The Kier molecular flexibility index (Phi) is 4.48. The smallest absolute Gasteiger partial charge is 0.280 e. The zero-order valence-electron chi connectivity index (χ0n) is 12.4. The summed E-state index contributed by atoms with van der Waals surface area (Å²) < 4.78 is 14.0. The second kappa shape index (κ2) is 6.71. The zero-order chi connectivity index (χ0) is 17.1. The van der Waals surface area contributed by atoms with Crippen LogP contribution in [0.3, 0.4) is 0 Å². The van der Waals surface area contributed by atoms with Gasteiger partial charge in [-0.2, -0.15) is 0 Å². The van der Waals surface area contributed by atoms with Gasteiger partial charge in [-0.3, -0.25) is 9.59 Å². The Morgan fingerprint density at radius 2 is 2.04 bits per heavy atom. The number of hydrogen-bond acceptors (Lipinski definition) is 5. The fourth-order valence-corrected chi connectivity index (χ4v) is 2.84. The summed E-state index contributed by atoms with van der Waals surface area (Å²) in [7, 11) is 0. The first kappa shape index (κ1) is 16.0. The quantitative estimate of drug-likeness (QED) is 0.429. The van der Waals surface area contributed by atoms with Gasteiger partial charge in [0.1, 0.15) is 5.82 Å². The molecule has 6 nitrogen and oxygen atoms in total. The molecule has 3 rings (SSSR count). The van der Waals surface area contributed by atoms with Crippen LogP contribution in [0.1, 0.15) is 0 Å². The summed E-state index contributed by atoms with van der Waals surface area (Å²) in [6.45, 7) is 0. The van der Waals surface area contributed by atoms with E-state index in [0.717, 1.165) is 16.4 Å². The molecule has 0 fully saturated rings. The molecule has 24 heavy (non-hydrogen) atoms. The van der Waals surface area contributed by atoms with E-state index in [1.807, 2.05) is 0 Å². The molecule has 0 atom stereocenters. The minimum atomic E-state index is -0.438. The summed E-state index contributed by atoms with van der Waals surface area (Å²) in [5.74, 6) is 4.94. The highest BCUT2D eigenvalue weighted by Gasteiger charge is 2.11. The van der Waals surface area contributed by atoms with Crippen molar-refractivity contribution in [2.24, 2.45) is 0 Å². The number of carbonyl (C=O) groups is 1. The van der Waals surface area contributed by atoms with Crippen molar-refractivity contribution < 1.29 is 9.18 Å². The maximum atomic E-state index is 13.1. The van der Waals surface area contributed by atoms with Gasteiger partial charge in [-0.1, -0.05) is 30.0 Å². The number of rotatable bonds is 4. The van der Waals surface area contributed by atoms with E-state index < -0.39 is 5.82 Å². The van der Waals surface area contributed by atoms with Crippen molar-refractivity contribution in [1.82, 2.24) is 9.66 Å². The fourth-order valence-electron chi connectivity index (χ4n) is 2.12. The van der Waals surface area contributed by atoms with Crippen LogP contribution in [0.25, 0.3) is 10.9 Å². The van der Waals surface area contributed by atoms with E-state index in [9.17, 15) is 14.0 Å². The third kappa shape index (κ3) is 3.38. The molecule has 0 aliphatic carbocycles. The van der Waals surface area contributed by atoms with Gasteiger partial charge in [0.2, 0.25) is 5.91 Å². The van der Waals surface area contributed by atoms with Crippen LogP contribution in [0, 0.1) is 5.82 Å². The summed E-state index contributed by atoms with van der Waals surface area (Å²) in [6.07, 6.45) is 0. The van der Waals surface area contributed by atoms with E-state index in [1.165, 1.54) is 18.2 Å². The van der Waals surface area contributed by atoms with Gasteiger partial charge in [0.15, 0.2) is 5.16 Å². The minimum absolute atomic E-state index is 0.0154. The Labute approximate surface area is 140 Å². The van der Waals surface area contributed by atoms with Gasteiger partial charge in [-0.05, 0) is 30.3 Å². The number of para-hydroxylation sites is 1. The van der Waals surface area contributed by atoms with Crippen LogP contribution in [0.15, 0.2) is 58.5 Å². The number of hydrogen-bond donors (Lipinski definition) is 2. The van der Waals surface area contributed by atoms with Crippen molar-refractivity contribution >= 4 is 34.3 Å². The highest BCUT2D eigenvalue weighted by Crippen LogP contribution is 2.17. The SMILES string of the molecule is Nn1c(SCC(=O)Nc2cccc(F)c2)nc2ccccc2c1=O. The molecule has 0 aliphatic rings. The van der Waals surface area contributed by atoms with Crippen molar-refractivity contribution in [2.75, 3.05) is 16.9 Å². The molecule has 8 heteroatoms. The Balaban J connectivity index is 1.75. The van der Waals surface area contributed by atoms with Crippen molar-refractivity contribution in [1.29, 1.82) is 0 Å². The molecule has 1 heterocycles. The lowest BCUT2D eigenvalue weighted by molar-refractivity contribution is -0.113. The van der Waals surface area contributed by atoms with Crippen LogP contribution >= 0.6 is 11.8 Å². The van der Waals surface area contributed by atoms with Crippen LogP contribution in [-0.2, 0) is 4.79 Å². The van der Waals surface area contributed by atoms with Gasteiger partial charge in [0, 0.05) is 5.69 Å². The van der Waals surface area contributed by atoms with E-state index in [4.69, 9.17) is 5.84 Å². The predicted molar refractivity (Wildman–Crippen MR) is 91.9 cm³/mol. The Morgan fingerprint density at radius 3 is 2.83 bits per heavy atom. The van der Waals surface area contributed by atoms with Crippen LogP contribution in [-0.4, -0.2) is 21.3 Å². The molecule has 2 aromatic carbocycles. The van der Waals surface area contributed by atoms with Crippen molar-refractivity contribution in [2.45, 2.75) is 5.16 Å². The maximum absolute atomic E-state index is 13.1. The summed E-state index contributed by atoms with van der Waals surface area (Å²) >= 11 is 1.03. The monoisotopic (exact) mass is 344 g/mol. The molecular formula is C16H13FN4O2S. The molecular weight excluding hydrogens is 331 g/mol. The molecule has 0 aliphatic heterocycles. The van der Waals surface area contributed by atoms with Crippen LogP contribution in [0.5, 0.6) is 0 Å². The van der Waals surface area contributed by atoms with E-state index in [1.54, 1.807) is 30.3 Å². The van der Waals surface area contributed by atoms with Gasteiger partial charge in [-0.15, -0.1) is 0 Å². The molecule has 3 aromatic rings. The lowest BCUT2D eigenvalue weighted by atomic mass is 10.2. The lowest BCUT2D eigenvalue weighted by Crippen LogP contribution is -2.30. The molecule has 122 valence electrons. The summed E-state index contributed by atoms with van der Waals surface area (Å²) in [6, 6.07) is 12.4. The zero-order valence-corrected chi connectivity index (χ0v) is 13.2. The van der Waals surface area contributed by atoms with Gasteiger partial charge in [0.05, 0.1) is 16.7 Å². The minimum Gasteiger partial charge on any atom is -0.334 e. The molecule has 3 N–H and O–H groups in total. The molecule has 0 saturated heterocycles. The van der Waals surface area contributed by atoms with Gasteiger partial charge < -0.3 is 11.2 Å². The van der Waals surface area contributed by atoms with E-state index in [2.05, 4.69) is 10.3 Å². The largest absolute Gasteiger partial charge is 0.334 e. The summed E-state index contributed by atoms with van der Waals surface area (Å²) in [5, 5.41) is 3.21. The first-order chi connectivity index (χ1) is 11.5. The number of nitrogen functional groups attached to an aromatic ring is 1. The number of benzene rings is 2. The van der Waals surface area contributed by atoms with Gasteiger partial charge >= 0.3 is 0 Å². The summed E-state index contributed by atoms with van der Waals surface area (Å²) in [4.78, 5) is 28.4. The van der Waals surface area contributed by atoms with Gasteiger partial charge in [-0.25, -0.2) is 14.1 Å². The molecule has 0 unspecified atom stereocenters. The van der Waals surface area contributed by atoms with Crippen molar-refractivity contribution in [3.05, 3.63) is 64.7 Å². The molecule has 0 saturated carbocycles. The number of nitrogens with zero attached hydrogens (tertiary/aromatic N) is 2. The summed E-state index contributed by atoms with van der Waals surface area (Å²) in [5.41, 5.74) is 0.489. The number of fused-ring (bicyclic) bond motifs is 1. The number of aromatic nitrogens is 2. The average molecular weight is 344 g/mol. The second-order valence-electron chi connectivity index (χ2n) is 4.93. The second-order valence-corrected chi connectivity index (χ2v) is 5.88. The molecule has 0 radical (unpaired) electrons. The molecule has 1 amide bonds. The van der Waals surface area contributed by atoms with E-state index >= 15 is 0 Å². The maximum Gasteiger partial charge on any atom is 0.280 e. The number of amides is 1. The normalized spacial score (nSPS) is 10.7. The topological polar surface area (TPSA) is 90.0 Å². The Morgan fingerprint density at radius 1 is 1.25 bits per heavy atom. The third-order valence-electron chi connectivity index (χ3n) is 3.22. The van der Waals surface area contributed by atoms with E-state index in [0.29, 0.717) is 16.6 Å². The number of carbonyl (C=O) groups excluding carboxylic acids is 1. The standard InChI is InChI=1S/C16H13FN4O2S/c17-10-4-3-5-11(8-10)19-14(22)9-24-16-20-13-7-2-1-6-12(13)15(23)21(16)18/h1-8H,9,18H2,(H,19,22). The highest BCUT2D eigenvalue weighted by molar-refractivity contribution is 7.99. The lowest BCUT2D eigenvalue weighted by Gasteiger charge is -2.08. The van der Waals surface area contributed by atoms with Gasteiger partial charge in [0.25, 0.3) is 5.56 Å². The number of nitrogens with two attached hydrogens (primary N) is 1. The van der Waals surface area contributed by atoms with Crippen molar-refractivity contribution in [3.8, 4) is 0 Å². The van der Waals surface area contributed by atoms with Crippen LogP contribution in [0.4, 0.5) is 10.1 Å². The number of anilines is 1. The Bertz CT molecular complexity index is 974. The Hall–Kier alpha value is -2.87. The highest BCUT2D eigenvalue weighted by atomic mass is 32.2. The molecule has 0 spiro atoms. The molecule has 1 aromatic heterocycles. The first-order valence-electron chi connectivity index (χ1n) is 6.99. The average Bonchev–Trinajstić information content (AvgIpc) is 2.57. The number of thioether (sulfide) groups is 1. The van der Waals surface area contributed by atoms with Crippen LogP contribution < -0.4 is 16.7 Å². The van der Waals surface area contributed by atoms with Crippen molar-refractivity contribution in [3.63, 3.8) is 0 Å². The third-order valence-corrected chi connectivity index (χ3v) is 4.17. The predicted octanol–water partition coefficient (Wildman–Crippen LogP) is 1.98. The number of nitrogens with one attached hydrogen (secondary N) is 1. The fraction of sp³-hybridized carbons (Fsp3) is 0.0625. The number of halogens is 1. The van der Waals surface area contributed by atoms with Crippen LogP contribution in [0.2, 0.25) is 0 Å². The first-order valence-corrected chi connectivity index (χ1v) is 7.98. The van der Waals surface area contributed by atoms with E-state index in [-0.39, 0.29) is 22.4 Å². The molecule has 0 bridgehead atoms.